The monoisotopic (exact) mass is 312 g/mol. The van der Waals surface area contributed by atoms with Crippen molar-refractivity contribution in [1.29, 1.82) is 5.26 Å². The largest absolute Gasteiger partial charge is 0.230 e. The Bertz CT molecular complexity index is 606. The molecule has 1 aromatic heterocycles. The summed E-state index contributed by atoms with van der Waals surface area (Å²) in [7, 11) is 0. The van der Waals surface area contributed by atoms with Crippen molar-refractivity contribution in [3.05, 3.63) is 11.9 Å². The third kappa shape index (κ3) is 1.94. The van der Waals surface area contributed by atoms with Crippen LogP contribution in [0.4, 0.5) is 5.82 Å². The van der Waals surface area contributed by atoms with Gasteiger partial charge in [-0.05, 0) is 19.1 Å². The van der Waals surface area contributed by atoms with Gasteiger partial charge in [0, 0.05) is 5.56 Å². The summed E-state index contributed by atoms with van der Waals surface area (Å²) in [6, 6.07) is 2.35. The molecular formula is C12H10Cl2N4S. The molecule has 0 aromatic carbocycles. The lowest BCUT2D eigenvalue weighted by molar-refractivity contribution is 0.477. The number of halogens is 2. The third-order valence-electron chi connectivity index (χ3n) is 3.66. The first-order valence-electron chi connectivity index (χ1n) is 5.81. The van der Waals surface area contributed by atoms with Gasteiger partial charge in [0.25, 0.3) is 0 Å². The summed E-state index contributed by atoms with van der Waals surface area (Å²) in [4.78, 5) is 12.7. The predicted octanol–water partition coefficient (Wildman–Crippen LogP) is 3.68. The molecule has 0 amide bonds. The molecule has 0 saturated heterocycles. The first kappa shape index (κ1) is 13.2. The summed E-state index contributed by atoms with van der Waals surface area (Å²) in [6.07, 6.45) is 5.03. The minimum Gasteiger partial charge on any atom is -0.230 e. The molecule has 0 N–H and O–H groups in total. The zero-order chi connectivity index (χ0) is 13.6. The summed E-state index contributed by atoms with van der Waals surface area (Å²) in [6.45, 7) is 0. The molecule has 1 aliphatic heterocycles. The fourth-order valence-corrected chi connectivity index (χ4v) is 4.15. The average molecular weight is 313 g/mol. The Morgan fingerprint density at radius 2 is 2.21 bits per heavy atom. The molecule has 0 spiro atoms. The van der Waals surface area contributed by atoms with Gasteiger partial charge in [0.2, 0.25) is 0 Å². The highest BCUT2D eigenvalue weighted by molar-refractivity contribution is 7.98. The van der Waals surface area contributed by atoms with E-state index < -0.39 is 10.8 Å². The van der Waals surface area contributed by atoms with E-state index >= 15 is 0 Å². The van der Waals surface area contributed by atoms with Crippen molar-refractivity contribution in [2.75, 3.05) is 6.26 Å². The molecule has 2 unspecified atom stereocenters. The minimum absolute atomic E-state index is 0.259. The number of alkyl halides is 1. The van der Waals surface area contributed by atoms with Crippen LogP contribution in [0.3, 0.4) is 0 Å². The van der Waals surface area contributed by atoms with Gasteiger partial charge in [-0.15, -0.1) is 23.4 Å². The van der Waals surface area contributed by atoms with Gasteiger partial charge in [0.1, 0.15) is 16.5 Å². The van der Waals surface area contributed by atoms with Gasteiger partial charge in [0.05, 0.1) is 22.8 Å². The van der Waals surface area contributed by atoms with E-state index in [-0.39, 0.29) is 5.92 Å². The van der Waals surface area contributed by atoms with Crippen LogP contribution in [0.2, 0.25) is 0 Å². The number of nitrogens with zero attached hydrogens (tertiary/aromatic N) is 4. The van der Waals surface area contributed by atoms with E-state index in [0.717, 1.165) is 23.4 Å². The Kier molecular flexibility index (Phi) is 3.20. The smallest absolute Gasteiger partial charge is 0.162 e. The van der Waals surface area contributed by atoms with Crippen LogP contribution in [-0.4, -0.2) is 21.4 Å². The Labute approximate surface area is 125 Å². The third-order valence-corrected chi connectivity index (χ3v) is 5.17. The highest BCUT2D eigenvalue weighted by atomic mass is 35.5. The predicted molar refractivity (Wildman–Crippen MR) is 76.1 cm³/mol. The molecule has 0 bridgehead atoms. The molecule has 1 aliphatic carbocycles. The van der Waals surface area contributed by atoms with Crippen molar-refractivity contribution in [2.24, 2.45) is 16.3 Å². The number of rotatable bonds is 2. The van der Waals surface area contributed by atoms with E-state index in [1.807, 2.05) is 6.26 Å². The number of aromatic nitrogens is 2. The average Bonchev–Trinajstić information content (AvgIpc) is 3.18. The van der Waals surface area contributed by atoms with Gasteiger partial charge in [-0.1, -0.05) is 11.6 Å². The van der Waals surface area contributed by atoms with Gasteiger partial charge in [-0.3, -0.25) is 0 Å². The number of hydrogen-bond acceptors (Lipinski definition) is 5. The molecule has 4 nitrogen and oxygen atoms in total. The van der Waals surface area contributed by atoms with E-state index in [1.54, 1.807) is 0 Å². The standard InChI is InChI=1S/C12H10Cl2N4S/c1-19-11-6-8(13)7(12(4-15)2-3-12)9(14)18-10(6)16-5-17-11/h5,7-8H,2-3H2,1H3. The summed E-state index contributed by atoms with van der Waals surface area (Å²) >= 11 is 14.3. The maximum Gasteiger partial charge on any atom is 0.162 e. The van der Waals surface area contributed by atoms with E-state index in [2.05, 4.69) is 21.0 Å². The number of aliphatic imine (C=N–C) groups is 1. The van der Waals surface area contributed by atoms with Crippen LogP contribution in [0.5, 0.6) is 0 Å². The van der Waals surface area contributed by atoms with E-state index in [4.69, 9.17) is 23.2 Å². The maximum absolute atomic E-state index is 9.36. The molecule has 19 heavy (non-hydrogen) atoms. The Morgan fingerprint density at radius 1 is 1.47 bits per heavy atom. The Morgan fingerprint density at radius 3 is 2.79 bits per heavy atom. The van der Waals surface area contributed by atoms with Gasteiger partial charge >= 0.3 is 0 Å². The lowest BCUT2D eigenvalue weighted by atomic mass is 9.84. The lowest BCUT2D eigenvalue weighted by Gasteiger charge is -2.29. The maximum atomic E-state index is 9.36. The molecule has 1 aromatic rings. The van der Waals surface area contributed by atoms with E-state index in [1.165, 1.54) is 18.1 Å². The molecular weight excluding hydrogens is 303 g/mol. The van der Waals surface area contributed by atoms with Crippen molar-refractivity contribution in [3.8, 4) is 6.07 Å². The second-order valence-electron chi connectivity index (χ2n) is 4.70. The molecule has 7 heteroatoms. The normalized spacial score (nSPS) is 27.2. The van der Waals surface area contributed by atoms with Crippen molar-refractivity contribution in [1.82, 2.24) is 9.97 Å². The first-order chi connectivity index (χ1) is 9.13. The highest BCUT2D eigenvalue weighted by Gasteiger charge is 2.56. The van der Waals surface area contributed by atoms with Crippen LogP contribution in [0.1, 0.15) is 23.8 Å². The van der Waals surface area contributed by atoms with Crippen LogP contribution < -0.4 is 0 Å². The summed E-state index contributed by atoms with van der Waals surface area (Å²) < 4.78 is 0. The van der Waals surface area contributed by atoms with Crippen molar-refractivity contribution in [3.63, 3.8) is 0 Å². The van der Waals surface area contributed by atoms with Gasteiger partial charge in [-0.25, -0.2) is 15.0 Å². The zero-order valence-corrected chi connectivity index (χ0v) is 12.4. The van der Waals surface area contributed by atoms with Crippen molar-refractivity contribution >= 4 is 46.0 Å². The molecule has 1 saturated carbocycles. The number of nitriles is 1. The molecule has 1 fully saturated rings. The van der Waals surface area contributed by atoms with Crippen molar-refractivity contribution in [2.45, 2.75) is 23.2 Å². The van der Waals surface area contributed by atoms with E-state index in [9.17, 15) is 5.26 Å². The van der Waals surface area contributed by atoms with Crippen LogP contribution in [0.15, 0.2) is 16.3 Å². The molecule has 2 aliphatic rings. The van der Waals surface area contributed by atoms with Crippen LogP contribution in [0.25, 0.3) is 0 Å². The molecule has 0 radical (unpaired) electrons. The fraction of sp³-hybridized carbons (Fsp3) is 0.500. The van der Waals surface area contributed by atoms with Gasteiger partial charge in [0.15, 0.2) is 5.82 Å². The first-order valence-corrected chi connectivity index (χ1v) is 7.85. The molecule has 3 rings (SSSR count). The number of thioether (sulfide) groups is 1. The topological polar surface area (TPSA) is 61.9 Å². The van der Waals surface area contributed by atoms with E-state index in [0.29, 0.717) is 11.0 Å². The molecule has 98 valence electrons. The summed E-state index contributed by atoms with van der Waals surface area (Å²) in [5, 5.41) is 10.2. The van der Waals surface area contributed by atoms with Crippen LogP contribution in [0, 0.1) is 22.7 Å². The van der Waals surface area contributed by atoms with Crippen LogP contribution >= 0.6 is 35.0 Å². The summed E-state index contributed by atoms with van der Waals surface area (Å²) in [5.41, 5.74) is 0.337. The second-order valence-corrected chi connectivity index (χ2v) is 6.35. The zero-order valence-electron chi connectivity index (χ0n) is 10.1. The highest BCUT2D eigenvalue weighted by Crippen LogP contribution is 2.60. The van der Waals surface area contributed by atoms with Gasteiger partial charge < -0.3 is 0 Å². The van der Waals surface area contributed by atoms with Crippen LogP contribution in [-0.2, 0) is 0 Å². The Balaban J connectivity index is 2.13. The molecule has 2 heterocycles. The second kappa shape index (κ2) is 4.62. The van der Waals surface area contributed by atoms with Gasteiger partial charge in [-0.2, -0.15) is 5.26 Å². The van der Waals surface area contributed by atoms with Crippen molar-refractivity contribution < 1.29 is 0 Å². The lowest BCUT2D eigenvalue weighted by Crippen LogP contribution is -2.28. The summed E-state index contributed by atoms with van der Waals surface area (Å²) in [5.74, 6) is 0.263. The minimum atomic E-state index is -0.462. The fourth-order valence-electron chi connectivity index (χ4n) is 2.46. The number of hydrogen-bond donors (Lipinski definition) is 0. The molecule has 2 atom stereocenters. The number of fused-ring (bicyclic) bond motifs is 1. The Hall–Kier alpha value is -0.830. The quantitative estimate of drug-likeness (QED) is 0.475. The SMILES string of the molecule is CSc1ncnc2c1C(Cl)C(C1(C#N)CC1)C(Cl)=N2.